The third-order valence-electron chi connectivity index (χ3n) is 8.25. The Labute approximate surface area is 282 Å². The first-order chi connectivity index (χ1) is 21.6. The number of rotatable bonds is 35. The molecule has 0 rings (SSSR count). The second-order valence-electron chi connectivity index (χ2n) is 12.3. The van der Waals surface area contributed by atoms with E-state index in [-0.39, 0.29) is 11.9 Å². The first kappa shape index (κ1) is 43.6. The van der Waals surface area contributed by atoms with Crippen molar-refractivity contribution in [3.8, 4) is 0 Å². The number of thioether (sulfide) groups is 2. The van der Waals surface area contributed by atoms with E-state index >= 15 is 0 Å². The van der Waals surface area contributed by atoms with Crippen LogP contribution in [0.3, 0.4) is 0 Å². The molecule has 5 nitrogen and oxygen atoms in total. The maximum absolute atomic E-state index is 12.4. The monoisotopic (exact) mass is 659 g/mol. The number of hydrogen-bond acceptors (Lipinski definition) is 7. The highest BCUT2D eigenvalue weighted by atomic mass is 32.2. The van der Waals surface area contributed by atoms with Gasteiger partial charge in [-0.05, 0) is 69.7 Å². The summed E-state index contributed by atoms with van der Waals surface area (Å²) in [6, 6.07) is 0. The minimum Gasteiger partial charge on any atom is -0.466 e. The lowest BCUT2D eigenvalue weighted by Gasteiger charge is -2.17. The third kappa shape index (κ3) is 31.6. The fraction of sp³-hybridized carbons (Fsp3) is 0.946. The summed E-state index contributed by atoms with van der Waals surface area (Å²) in [6.07, 6.45) is 26.7. The van der Waals surface area contributed by atoms with Crippen LogP contribution in [-0.4, -0.2) is 65.8 Å². The minimum atomic E-state index is -0.0546. The summed E-state index contributed by atoms with van der Waals surface area (Å²) in [5.41, 5.74) is 0. The molecule has 0 N–H and O–H groups in total. The molecule has 0 aromatic heterocycles. The zero-order valence-electron chi connectivity index (χ0n) is 29.7. The van der Waals surface area contributed by atoms with E-state index in [1.165, 1.54) is 108 Å². The summed E-state index contributed by atoms with van der Waals surface area (Å²) < 4.78 is 11.5. The van der Waals surface area contributed by atoms with E-state index in [1.54, 1.807) is 0 Å². The van der Waals surface area contributed by atoms with Crippen molar-refractivity contribution in [1.29, 1.82) is 0 Å². The molecule has 0 fully saturated rings. The van der Waals surface area contributed by atoms with Crippen LogP contribution in [0.25, 0.3) is 0 Å². The summed E-state index contributed by atoms with van der Waals surface area (Å²) in [6.45, 7) is 13.0. The summed E-state index contributed by atoms with van der Waals surface area (Å²) >= 11 is 4.16. The second-order valence-corrected chi connectivity index (χ2v) is 15.2. The molecule has 0 amide bonds. The first-order valence-corrected chi connectivity index (χ1v) is 20.9. The van der Waals surface area contributed by atoms with Crippen LogP contribution in [0.5, 0.6) is 0 Å². The van der Waals surface area contributed by atoms with Gasteiger partial charge in [-0.15, -0.1) is 23.5 Å². The Kier molecular flexibility index (Phi) is 35.1. The van der Waals surface area contributed by atoms with Crippen molar-refractivity contribution in [3.05, 3.63) is 0 Å². The lowest BCUT2D eigenvalue weighted by Crippen LogP contribution is -2.24. The zero-order valence-corrected chi connectivity index (χ0v) is 31.3. The predicted molar refractivity (Wildman–Crippen MR) is 196 cm³/mol. The van der Waals surface area contributed by atoms with Crippen LogP contribution in [-0.2, 0) is 19.1 Å². The molecule has 0 saturated heterocycles. The smallest absolute Gasteiger partial charge is 0.305 e. The highest BCUT2D eigenvalue weighted by Crippen LogP contribution is 2.30. The van der Waals surface area contributed by atoms with Crippen molar-refractivity contribution in [3.63, 3.8) is 0 Å². The van der Waals surface area contributed by atoms with Crippen LogP contribution in [0.4, 0.5) is 0 Å². The van der Waals surface area contributed by atoms with Crippen molar-refractivity contribution in [2.75, 3.05) is 44.4 Å². The Morgan fingerprint density at radius 3 is 1.39 bits per heavy atom. The maximum Gasteiger partial charge on any atom is 0.305 e. The van der Waals surface area contributed by atoms with Crippen molar-refractivity contribution < 1.29 is 19.1 Å². The van der Waals surface area contributed by atoms with Gasteiger partial charge < -0.3 is 14.4 Å². The lowest BCUT2D eigenvalue weighted by atomic mass is 10.1. The molecule has 0 aliphatic rings. The van der Waals surface area contributed by atoms with Crippen LogP contribution in [0, 0.1) is 0 Å². The summed E-state index contributed by atoms with van der Waals surface area (Å²) in [4.78, 5) is 26.6. The quantitative estimate of drug-likeness (QED) is 0.0381. The third-order valence-corrected chi connectivity index (χ3v) is 11.3. The Hall–Kier alpha value is -0.400. The van der Waals surface area contributed by atoms with Gasteiger partial charge in [-0.2, -0.15) is 0 Å². The Morgan fingerprint density at radius 2 is 0.932 bits per heavy atom. The SMILES string of the molecule is CCCCCCCCSC(CCC(=O)OCCCCCCCCCOC(=O)CCCN(CC)CC)SCCCCCCCC. The van der Waals surface area contributed by atoms with Gasteiger partial charge in [0.15, 0.2) is 0 Å². The van der Waals surface area contributed by atoms with E-state index < -0.39 is 0 Å². The van der Waals surface area contributed by atoms with E-state index in [2.05, 4.69) is 56.1 Å². The fourth-order valence-electron chi connectivity index (χ4n) is 5.24. The lowest BCUT2D eigenvalue weighted by molar-refractivity contribution is -0.144. The molecule has 0 aromatic carbocycles. The molecule has 7 heteroatoms. The standard InChI is InChI=1S/C37H73NO4S2/c1-5-9-11-13-20-24-33-43-37(44-34-25-21-14-12-10-6-2)29-28-36(40)42-32-23-19-17-15-16-18-22-31-41-35(39)27-26-30-38(7-3)8-4/h37H,5-34H2,1-4H3. The molecule has 0 aliphatic heterocycles. The number of nitrogens with zero attached hydrogens (tertiary/aromatic N) is 1. The molecular formula is C37H73NO4S2. The molecule has 0 spiro atoms. The van der Waals surface area contributed by atoms with Crippen molar-refractivity contribution in [2.45, 2.75) is 180 Å². The molecule has 0 aliphatic carbocycles. The average Bonchev–Trinajstić information content (AvgIpc) is 3.03. The van der Waals surface area contributed by atoms with Crippen molar-refractivity contribution in [2.24, 2.45) is 0 Å². The van der Waals surface area contributed by atoms with Gasteiger partial charge in [-0.3, -0.25) is 9.59 Å². The molecular weight excluding hydrogens is 587 g/mol. The van der Waals surface area contributed by atoms with E-state index in [9.17, 15) is 9.59 Å². The Balaban J connectivity index is 3.85. The van der Waals surface area contributed by atoms with E-state index in [4.69, 9.17) is 9.47 Å². The highest BCUT2D eigenvalue weighted by Gasteiger charge is 2.13. The van der Waals surface area contributed by atoms with Crippen molar-refractivity contribution >= 4 is 35.5 Å². The number of esters is 2. The van der Waals surface area contributed by atoms with Gasteiger partial charge in [-0.25, -0.2) is 0 Å². The van der Waals surface area contributed by atoms with E-state index in [0.717, 1.165) is 58.2 Å². The molecule has 44 heavy (non-hydrogen) atoms. The first-order valence-electron chi connectivity index (χ1n) is 18.8. The average molecular weight is 660 g/mol. The number of carbonyl (C=O) groups excluding carboxylic acids is 2. The molecule has 0 atom stereocenters. The molecule has 0 unspecified atom stereocenters. The molecule has 0 aromatic rings. The molecule has 0 saturated carbocycles. The largest absolute Gasteiger partial charge is 0.466 e. The topological polar surface area (TPSA) is 55.8 Å². The Bertz CT molecular complexity index is 600. The van der Waals surface area contributed by atoms with Gasteiger partial charge in [0.05, 0.1) is 17.8 Å². The molecule has 0 heterocycles. The molecule has 0 radical (unpaired) electrons. The number of ether oxygens (including phenoxy) is 2. The fourth-order valence-corrected chi connectivity index (χ4v) is 8.03. The van der Waals surface area contributed by atoms with Crippen molar-refractivity contribution in [1.82, 2.24) is 4.90 Å². The number of carbonyl (C=O) groups is 2. The second kappa shape index (κ2) is 35.5. The normalized spacial score (nSPS) is 11.5. The van der Waals surface area contributed by atoms with Gasteiger partial charge >= 0.3 is 11.9 Å². The predicted octanol–water partition coefficient (Wildman–Crippen LogP) is 11.2. The Morgan fingerprint density at radius 1 is 0.523 bits per heavy atom. The van der Waals surface area contributed by atoms with Crippen LogP contribution in [0.2, 0.25) is 0 Å². The van der Waals surface area contributed by atoms with E-state index in [0.29, 0.717) is 30.6 Å². The van der Waals surface area contributed by atoms with Gasteiger partial charge in [0.1, 0.15) is 0 Å². The van der Waals surface area contributed by atoms with Crippen LogP contribution in [0.1, 0.15) is 175 Å². The summed E-state index contributed by atoms with van der Waals surface area (Å²) in [5.74, 6) is 2.37. The van der Waals surface area contributed by atoms with Gasteiger partial charge in [0.25, 0.3) is 0 Å². The highest BCUT2D eigenvalue weighted by molar-refractivity contribution is 8.17. The number of hydrogen-bond donors (Lipinski definition) is 0. The maximum atomic E-state index is 12.4. The number of unbranched alkanes of at least 4 members (excludes halogenated alkanes) is 16. The van der Waals surface area contributed by atoms with Gasteiger partial charge in [-0.1, -0.05) is 124 Å². The van der Waals surface area contributed by atoms with E-state index in [1.807, 2.05) is 0 Å². The zero-order chi connectivity index (χ0) is 32.4. The minimum absolute atomic E-state index is 0.0158. The molecule has 0 bridgehead atoms. The van der Waals surface area contributed by atoms with Gasteiger partial charge in [0.2, 0.25) is 0 Å². The summed E-state index contributed by atoms with van der Waals surface area (Å²) in [5, 5.41) is 0. The van der Waals surface area contributed by atoms with Gasteiger partial charge in [0, 0.05) is 12.8 Å². The summed E-state index contributed by atoms with van der Waals surface area (Å²) in [7, 11) is 0. The van der Waals surface area contributed by atoms with Crippen LogP contribution in [0.15, 0.2) is 0 Å². The molecule has 262 valence electrons. The van der Waals surface area contributed by atoms with Crippen LogP contribution < -0.4 is 0 Å². The van der Waals surface area contributed by atoms with Crippen LogP contribution >= 0.6 is 23.5 Å².